The Morgan fingerprint density at radius 2 is 1.70 bits per heavy atom. The highest BCUT2D eigenvalue weighted by atomic mass is 35.5. The van der Waals surface area contributed by atoms with Crippen LogP contribution in [0.4, 0.5) is 23.2 Å². The van der Waals surface area contributed by atoms with E-state index < -0.39 is 42.0 Å². The van der Waals surface area contributed by atoms with Gasteiger partial charge in [-0.05, 0) is 35.9 Å². The van der Waals surface area contributed by atoms with Gasteiger partial charge in [0.2, 0.25) is 0 Å². The highest BCUT2D eigenvalue weighted by molar-refractivity contribution is 6.39. The van der Waals surface area contributed by atoms with Crippen LogP contribution in [-0.4, -0.2) is 23.5 Å². The van der Waals surface area contributed by atoms with E-state index in [1.807, 2.05) is 0 Å². The summed E-state index contributed by atoms with van der Waals surface area (Å²) in [5.41, 5.74) is -0.654. The minimum atomic E-state index is -4.50. The van der Waals surface area contributed by atoms with Crippen molar-refractivity contribution in [3.8, 4) is 0 Å². The maximum atomic E-state index is 13.0. The van der Waals surface area contributed by atoms with Gasteiger partial charge in [0.1, 0.15) is 5.82 Å². The molecule has 2 amide bonds. The summed E-state index contributed by atoms with van der Waals surface area (Å²) >= 11 is 5.56. The van der Waals surface area contributed by atoms with Gasteiger partial charge in [-0.1, -0.05) is 23.7 Å². The number of aliphatic hydroxyl groups excluding tert-OH is 1. The molecule has 2 aromatic rings. The van der Waals surface area contributed by atoms with Gasteiger partial charge in [0.25, 0.3) is 0 Å². The summed E-state index contributed by atoms with van der Waals surface area (Å²) in [7, 11) is 0. The molecule has 3 N–H and O–H groups in total. The standard InChI is InChI=1S/C17H13ClF4N2O3/c18-12-7-11(5-6-13(12)19)24-16(27)15(26)23-8-14(25)9-1-3-10(4-2-9)17(20,21)22/h1-7,14,25H,8H2,(H,23,26)(H,24,27)/t14-/m0/s1. The lowest BCUT2D eigenvalue weighted by atomic mass is 10.1. The fraction of sp³-hybridized carbons (Fsp3) is 0.176. The van der Waals surface area contributed by atoms with Crippen LogP contribution in [0.1, 0.15) is 17.2 Å². The molecular weight excluding hydrogens is 392 g/mol. The van der Waals surface area contributed by atoms with E-state index in [1.54, 1.807) is 0 Å². The Bertz CT molecular complexity index is 841. The monoisotopic (exact) mass is 404 g/mol. The van der Waals surface area contributed by atoms with Gasteiger partial charge in [-0.3, -0.25) is 9.59 Å². The number of aliphatic hydroxyl groups is 1. The van der Waals surface area contributed by atoms with Gasteiger partial charge in [-0.15, -0.1) is 0 Å². The van der Waals surface area contributed by atoms with Crippen LogP contribution in [0.5, 0.6) is 0 Å². The van der Waals surface area contributed by atoms with Crippen molar-refractivity contribution in [1.29, 1.82) is 0 Å². The summed E-state index contributed by atoms with van der Waals surface area (Å²) in [5, 5.41) is 14.0. The summed E-state index contributed by atoms with van der Waals surface area (Å²) < 4.78 is 50.5. The number of carbonyl (C=O) groups is 2. The lowest BCUT2D eigenvalue weighted by Gasteiger charge is -2.13. The van der Waals surface area contributed by atoms with Crippen molar-refractivity contribution < 1.29 is 32.3 Å². The normalized spacial score (nSPS) is 12.4. The molecule has 2 aromatic carbocycles. The van der Waals surface area contributed by atoms with Crippen LogP contribution in [-0.2, 0) is 15.8 Å². The molecule has 144 valence electrons. The number of benzene rings is 2. The Balaban J connectivity index is 1.90. The van der Waals surface area contributed by atoms with Crippen molar-refractivity contribution in [2.45, 2.75) is 12.3 Å². The van der Waals surface area contributed by atoms with E-state index in [2.05, 4.69) is 10.6 Å². The number of nitrogens with one attached hydrogen (secondary N) is 2. The van der Waals surface area contributed by atoms with Crippen molar-refractivity contribution in [3.63, 3.8) is 0 Å². The number of rotatable bonds is 4. The Labute approximate surface area is 155 Å². The molecule has 5 nitrogen and oxygen atoms in total. The molecule has 2 rings (SSSR count). The minimum Gasteiger partial charge on any atom is -0.387 e. The van der Waals surface area contributed by atoms with Gasteiger partial charge >= 0.3 is 18.0 Å². The fourth-order valence-corrected chi connectivity index (χ4v) is 2.22. The van der Waals surface area contributed by atoms with Gasteiger partial charge in [0, 0.05) is 12.2 Å². The molecule has 0 aliphatic heterocycles. The molecule has 0 aliphatic carbocycles. The van der Waals surface area contributed by atoms with E-state index in [4.69, 9.17) is 11.6 Å². The zero-order valence-electron chi connectivity index (χ0n) is 13.5. The molecule has 0 aliphatic rings. The molecule has 0 bridgehead atoms. The van der Waals surface area contributed by atoms with Crippen LogP contribution in [0.15, 0.2) is 42.5 Å². The number of hydrogen-bond donors (Lipinski definition) is 3. The average molecular weight is 405 g/mol. The van der Waals surface area contributed by atoms with E-state index in [-0.39, 0.29) is 16.3 Å². The molecule has 1 atom stereocenters. The van der Waals surface area contributed by atoms with Gasteiger partial charge in [0.15, 0.2) is 0 Å². The fourth-order valence-electron chi connectivity index (χ4n) is 2.04. The maximum Gasteiger partial charge on any atom is 0.416 e. The first-order valence-electron chi connectivity index (χ1n) is 7.47. The molecule has 0 radical (unpaired) electrons. The third-order valence-electron chi connectivity index (χ3n) is 3.46. The van der Waals surface area contributed by atoms with Crippen LogP contribution in [0.3, 0.4) is 0 Å². The summed E-state index contributed by atoms with van der Waals surface area (Å²) in [4.78, 5) is 23.5. The first kappa shape index (κ1) is 20.7. The van der Waals surface area contributed by atoms with Crippen LogP contribution >= 0.6 is 11.6 Å². The largest absolute Gasteiger partial charge is 0.416 e. The topological polar surface area (TPSA) is 78.4 Å². The first-order chi connectivity index (χ1) is 12.6. The predicted octanol–water partition coefficient (Wildman–Crippen LogP) is 3.29. The van der Waals surface area contributed by atoms with Crippen LogP contribution in [0.2, 0.25) is 5.02 Å². The molecule has 27 heavy (non-hydrogen) atoms. The lowest BCUT2D eigenvalue weighted by molar-refractivity contribution is -0.137. The van der Waals surface area contributed by atoms with Gasteiger partial charge in [0.05, 0.1) is 16.7 Å². The van der Waals surface area contributed by atoms with E-state index >= 15 is 0 Å². The zero-order valence-corrected chi connectivity index (χ0v) is 14.2. The van der Waals surface area contributed by atoms with Crippen molar-refractivity contribution in [2.24, 2.45) is 0 Å². The number of amides is 2. The predicted molar refractivity (Wildman–Crippen MR) is 89.5 cm³/mol. The Morgan fingerprint density at radius 1 is 1.07 bits per heavy atom. The number of hydrogen-bond acceptors (Lipinski definition) is 3. The van der Waals surface area contributed by atoms with Gasteiger partial charge in [-0.25, -0.2) is 4.39 Å². The quantitative estimate of drug-likeness (QED) is 0.540. The Hall–Kier alpha value is -2.65. The van der Waals surface area contributed by atoms with Crippen LogP contribution in [0.25, 0.3) is 0 Å². The average Bonchev–Trinajstić information content (AvgIpc) is 2.61. The molecular formula is C17H13ClF4N2O3. The lowest BCUT2D eigenvalue weighted by Crippen LogP contribution is -2.37. The second kappa shape index (κ2) is 8.36. The summed E-state index contributed by atoms with van der Waals surface area (Å²) in [6.45, 7) is -0.401. The molecule has 0 heterocycles. The van der Waals surface area contributed by atoms with Crippen LogP contribution in [0, 0.1) is 5.82 Å². The Morgan fingerprint density at radius 3 is 2.26 bits per heavy atom. The smallest absolute Gasteiger partial charge is 0.387 e. The minimum absolute atomic E-state index is 0.0878. The molecule has 0 saturated carbocycles. The van der Waals surface area contributed by atoms with Crippen LogP contribution < -0.4 is 10.6 Å². The van der Waals surface area contributed by atoms with Crippen molar-refractivity contribution in [2.75, 3.05) is 11.9 Å². The molecule has 0 aromatic heterocycles. The molecule has 10 heteroatoms. The summed E-state index contributed by atoms with van der Waals surface area (Å²) in [6, 6.07) is 7.05. The second-order valence-corrected chi connectivity index (χ2v) is 5.84. The highest BCUT2D eigenvalue weighted by Crippen LogP contribution is 2.29. The molecule has 0 unspecified atom stereocenters. The van der Waals surface area contributed by atoms with Crippen molar-refractivity contribution in [3.05, 3.63) is 64.4 Å². The second-order valence-electron chi connectivity index (χ2n) is 5.43. The first-order valence-corrected chi connectivity index (χ1v) is 7.85. The number of anilines is 1. The summed E-state index contributed by atoms with van der Waals surface area (Å²) in [5.74, 6) is -2.88. The molecule has 0 fully saturated rings. The number of carbonyl (C=O) groups excluding carboxylic acids is 2. The maximum absolute atomic E-state index is 13.0. The molecule has 0 saturated heterocycles. The Kier molecular flexibility index (Phi) is 6.40. The van der Waals surface area contributed by atoms with Crippen molar-refractivity contribution in [1.82, 2.24) is 5.32 Å². The van der Waals surface area contributed by atoms with E-state index in [0.717, 1.165) is 36.4 Å². The van der Waals surface area contributed by atoms with Gasteiger partial charge in [-0.2, -0.15) is 13.2 Å². The third kappa shape index (κ3) is 5.66. The van der Waals surface area contributed by atoms with E-state index in [0.29, 0.717) is 0 Å². The van der Waals surface area contributed by atoms with Crippen molar-refractivity contribution >= 4 is 29.1 Å². The number of alkyl halides is 3. The molecule has 0 spiro atoms. The highest BCUT2D eigenvalue weighted by Gasteiger charge is 2.30. The van der Waals surface area contributed by atoms with E-state index in [1.165, 1.54) is 6.07 Å². The third-order valence-corrected chi connectivity index (χ3v) is 3.75. The SMILES string of the molecule is O=C(NC[C@H](O)c1ccc(C(F)(F)F)cc1)C(=O)Nc1ccc(F)c(Cl)c1. The zero-order chi connectivity index (χ0) is 20.2. The number of halogens is 5. The van der Waals surface area contributed by atoms with Gasteiger partial charge < -0.3 is 15.7 Å². The summed E-state index contributed by atoms with van der Waals surface area (Å²) in [6.07, 6.45) is -5.82. The van der Waals surface area contributed by atoms with E-state index in [9.17, 15) is 32.3 Å².